The van der Waals surface area contributed by atoms with E-state index < -0.39 is 6.10 Å². The van der Waals surface area contributed by atoms with Crippen molar-refractivity contribution in [3.63, 3.8) is 0 Å². The monoisotopic (exact) mass is 243 g/mol. The van der Waals surface area contributed by atoms with Crippen LogP contribution in [0.15, 0.2) is 16.5 Å². The molecular formula is C11H17NO3S. The number of hydrogen-bond donors (Lipinski definition) is 2. The Morgan fingerprint density at radius 1 is 1.62 bits per heavy atom. The first-order valence-corrected chi connectivity index (χ1v) is 6.56. The van der Waals surface area contributed by atoms with E-state index in [0.29, 0.717) is 18.7 Å². The van der Waals surface area contributed by atoms with E-state index in [0.717, 1.165) is 11.5 Å². The summed E-state index contributed by atoms with van der Waals surface area (Å²) in [7, 11) is 0. The van der Waals surface area contributed by atoms with E-state index in [1.54, 1.807) is 30.8 Å². The summed E-state index contributed by atoms with van der Waals surface area (Å²) in [4.78, 5) is 11.6. The van der Waals surface area contributed by atoms with Gasteiger partial charge >= 0.3 is 0 Å². The van der Waals surface area contributed by atoms with Crippen molar-refractivity contribution in [1.82, 2.24) is 5.32 Å². The predicted octanol–water partition coefficient (Wildman–Crippen LogP) is 1.64. The fourth-order valence-electron chi connectivity index (χ4n) is 1.20. The van der Waals surface area contributed by atoms with Crippen molar-refractivity contribution in [3.8, 4) is 0 Å². The van der Waals surface area contributed by atoms with Crippen molar-refractivity contribution < 1.29 is 14.3 Å². The molecule has 90 valence electrons. The maximum atomic E-state index is 11.6. The second-order valence-electron chi connectivity index (χ2n) is 3.59. The van der Waals surface area contributed by atoms with E-state index >= 15 is 0 Å². The number of furan rings is 1. The van der Waals surface area contributed by atoms with E-state index in [-0.39, 0.29) is 5.91 Å². The molecule has 1 aromatic heterocycles. The molecule has 0 fully saturated rings. The summed E-state index contributed by atoms with van der Waals surface area (Å²) >= 11 is 1.64. The molecule has 4 nitrogen and oxygen atoms in total. The molecule has 1 amide bonds. The van der Waals surface area contributed by atoms with Gasteiger partial charge in [-0.25, -0.2) is 0 Å². The highest BCUT2D eigenvalue weighted by Crippen LogP contribution is 2.13. The summed E-state index contributed by atoms with van der Waals surface area (Å²) in [6.07, 6.45) is 2.12. The molecule has 0 radical (unpaired) electrons. The normalized spacial score (nSPS) is 12.4. The highest BCUT2D eigenvalue weighted by atomic mass is 32.2. The second-order valence-corrected chi connectivity index (χ2v) is 4.46. The Morgan fingerprint density at radius 2 is 2.38 bits per heavy atom. The van der Waals surface area contributed by atoms with Crippen LogP contribution in [0.4, 0.5) is 0 Å². The van der Waals surface area contributed by atoms with Gasteiger partial charge in [0, 0.05) is 6.54 Å². The number of thioether (sulfide) groups is 1. The average molecular weight is 243 g/mol. The zero-order chi connectivity index (χ0) is 12.0. The van der Waals surface area contributed by atoms with Gasteiger partial charge in [0.05, 0.1) is 11.9 Å². The van der Waals surface area contributed by atoms with Gasteiger partial charge in [-0.15, -0.1) is 0 Å². The van der Waals surface area contributed by atoms with Crippen molar-refractivity contribution in [2.75, 3.05) is 12.8 Å². The van der Waals surface area contributed by atoms with Gasteiger partial charge in [-0.1, -0.05) is 0 Å². The maximum Gasteiger partial charge on any atom is 0.286 e. The molecule has 0 aliphatic heterocycles. The van der Waals surface area contributed by atoms with Crippen molar-refractivity contribution in [2.24, 2.45) is 0 Å². The Labute approximate surface area is 99.4 Å². The van der Waals surface area contributed by atoms with Crippen molar-refractivity contribution in [3.05, 3.63) is 23.7 Å². The summed E-state index contributed by atoms with van der Waals surface area (Å²) in [5.41, 5.74) is 0. The quantitative estimate of drug-likeness (QED) is 0.797. The molecule has 1 aromatic rings. The molecule has 0 saturated heterocycles. The maximum absolute atomic E-state index is 11.6. The van der Waals surface area contributed by atoms with Gasteiger partial charge in [0.1, 0.15) is 5.76 Å². The topological polar surface area (TPSA) is 62.5 Å². The first-order valence-electron chi connectivity index (χ1n) is 5.17. The Kier molecular flexibility index (Phi) is 5.42. The number of carbonyl (C=O) groups is 1. The Morgan fingerprint density at radius 3 is 3.00 bits per heavy atom. The zero-order valence-corrected chi connectivity index (χ0v) is 10.3. The highest BCUT2D eigenvalue weighted by Gasteiger charge is 2.10. The van der Waals surface area contributed by atoms with Gasteiger partial charge in [0.25, 0.3) is 5.91 Å². The molecule has 0 aliphatic carbocycles. The van der Waals surface area contributed by atoms with Crippen LogP contribution in [0.3, 0.4) is 0 Å². The number of nitrogens with one attached hydrogen (secondary N) is 1. The lowest BCUT2D eigenvalue weighted by Crippen LogP contribution is -2.26. The molecule has 1 unspecified atom stereocenters. The van der Waals surface area contributed by atoms with Crippen LogP contribution in [-0.2, 0) is 5.75 Å². The third kappa shape index (κ3) is 4.28. The number of amides is 1. The predicted molar refractivity (Wildman–Crippen MR) is 64.6 cm³/mol. The first kappa shape index (κ1) is 13.1. The molecule has 1 atom stereocenters. The van der Waals surface area contributed by atoms with E-state index in [1.807, 2.05) is 6.26 Å². The van der Waals surface area contributed by atoms with E-state index in [1.165, 1.54) is 0 Å². The van der Waals surface area contributed by atoms with Crippen molar-refractivity contribution >= 4 is 17.7 Å². The molecule has 16 heavy (non-hydrogen) atoms. The lowest BCUT2D eigenvalue weighted by molar-refractivity contribution is 0.0916. The molecule has 2 N–H and O–H groups in total. The summed E-state index contributed by atoms with van der Waals surface area (Å²) in [5.74, 6) is 1.66. The van der Waals surface area contributed by atoms with Gasteiger partial charge in [-0.3, -0.25) is 4.79 Å². The number of hydrogen-bond acceptors (Lipinski definition) is 4. The minimum atomic E-state index is -0.399. The number of aliphatic hydroxyl groups excluding tert-OH is 1. The summed E-state index contributed by atoms with van der Waals surface area (Å²) in [5, 5.41) is 11.7. The third-order valence-electron chi connectivity index (χ3n) is 2.02. The zero-order valence-electron chi connectivity index (χ0n) is 9.53. The smallest absolute Gasteiger partial charge is 0.286 e. The van der Waals surface area contributed by atoms with Crippen molar-refractivity contribution in [2.45, 2.75) is 25.2 Å². The van der Waals surface area contributed by atoms with Crippen LogP contribution in [-0.4, -0.2) is 29.9 Å². The molecule has 0 saturated carbocycles. The lowest BCUT2D eigenvalue weighted by Gasteiger charge is -2.04. The highest BCUT2D eigenvalue weighted by molar-refractivity contribution is 7.97. The molecule has 0 aromatic carbocycles. The fourth-order valence-corrected chi connectivity index (χ4v) is 1.64. The van der Waals surface area contributed by atoms with Crippen LogP contribution in [0.5, 0.6) is 0 Å². The number of aliphatic hydroxyl groups is 1. The summed E-state index contributed by atoms with van der Waals surface area (Å²) in [6.45, 7) is 2.14. The molecule has 5 heteroatoms. The lowest BCUT2D eigenvalue weighted by atomic mass is 10.3. The van der Waals surface area contributed by atoms with Crippen LogP contribution in [0.25, 0.3) is 0 Å². The van der Waals surface area contributed by atoms with Gasteiger partial charge in [-0.2, -0.15) is 11.8 Å². The third-order valence-corrected chi connectivity index (χ3v) is 2.59. The van der Waals surface area contributed by atoms with E-state index in [4.69, 9.17) is 9.52 Å². The largest absolute Gasteiger partial charge is 0.455 e. The van der Waals surface area contributed by atoms with E-state index in [9.17, 15) is 4.79 Å². The van der Waals surface area contributed by atoms with Gasteiger partial charge in [-0.05, 0) is 31.7 Å². The molecule has 0 bridgehead atoms. The van der Waals surface area contributed by atoms with Gasteiger partial charge < -0.3 is 14.8 Å². The first-order chi connectivity index (χ1) is 7.63. The van der Waals surface area contributed by atoms with Crippen LogP contribution in [0.1, 0.15) is 29.7 Å². The minimum absolute atomic E-state index is 0.229. The van der Waals surface area contributed by atoms with Crippen LogP contribution >= 0.6 is 11.8 Å². The Hall–Kier alpha value is -0.940. The van der Waals surface area contributed by atoms with Crippen molar-refractivity contribution in [1.29, 1.82) is 0 Å². The molecule has 1 heterocycles. The molecular weight excluding hydrogens is 226 g/mol. The van der Waals surface area contributed by atoms with Crippen LogP contribution in [0.2, 0.25) is 0 Å². The Balaban J connectivity index is 2.40. The second kappa shape index (κ2) is 6.60. The minimum Gasteiger partial charge on any atom is -0.455 e. The number of rotatable bonds is 6. The van der Waals surface area contributed by atoms with Crippen LogP contribution in [0, 0.1) is 0 Å². The fraction of sp³-hybridized carbons (Fsp3) is 0.545. The molecule has 0 aliphatic rings. The van der Waals surface area contributed by atoms with Gasteiger partial charge in [0.15, 0.2) is 5.76 Å². The van der Waals surface area contributed by atoms with Gasteiger partial charge in [0.2, 0.25) is 0 Å². The average Bonchev–Trinajstić information content (AvgIpc) is 2.66. The van der Waals surface area contributed by atoms with E-state index in [2.05, 4.69) is 5.32 Å². The molecule has 0 spiro atoms. The SMILES string of the molecule is CSCc1ccc(C(=O)NCCC(C)O)o1. The summed E-state index contributed by atoms with van der Waals surface area (Å²) < 4.78 is 5.35. The summed E-state index contributed by atoms with van der Waals surface area (Å²) in [6, 6.07) is 3.48. The standard InChI is InChI=1S/C11H17NO3S/c1-8(13)5-6-12-11(14)10-4-3-9(15-10)7-16-2/h3-4,8,13H,5-7H2,1-2H3,(H,12,14). The molecule has 1 rings (SSSR count). The Bertz CT molecular complexity index is 336. The van der Waals surface area contributed by atoms with Crippen LogP contribution < -0.4 is 5.32 Å². The number of carbonyl (C=O) groups excluding carboxylic acids is 1.